The molecule has 0 spiro atoms. The smallest absolute Gasteiger partial charge is 0.401 e. The van der Waals surface area contributed by atoms with Crippen molar-refractivity contribution in [2.24, 2.45) is 5.92 Å². The predicted octanol–water partition coefficient (Wildman–Crippen LogP) is 4.53. The Hall–Kier alpha value is -0.660. The van der Waals surface area contributed by atoms with E-state index in [1.165, 1.54) is 44.9 Å². The normalized spacial score (nSPS) is 22.0. The number of carbonyl (C=O) groups is 1. The molecule has 1 aliphatic rings. The molecule has 0 N–H and O–H groups in total. The molecule has 0 bridgehead atoms. The number of ether oxygens (including phenoxy) is 1. The molecule has 0 aliphatic carbocycles. The topological polar surface area (TPSA) is 78.9 Å². The monoisotopic (exact) mass is 392 g/mol. The average molecular weight is 393 g/mol. The van der Waals surface area contributed by atoms with Gasteiger partial charge in [0.15, 0.2) is 0 Å². The number of unbranched alkanes of at least 4 members (excludes halogenated alkanes) is 8. The molecule has 7 heteroatoms. The first kappa shape index (κ1) is 23.4. The zero-order valence-electron chi connectivity index (χ0n) is 16.6. The lowest BCUT2D eigenvalue weighted by Gasteiger charge is -2.13. The molecule has 1 rings (SSSR count). The lowest BCUT2D eigenvalue weighted by Crippen LogP contribution is -2.33. The second kappa shape index (κ2) is 12.7. The molecule has 26 heavy (non-hydrogen) atoms. The second-order valence-electron chi connectivity index (χ2n) is 7.46. The molecular formula is C19H36O6S. The molecule has 1 heterocycles. The first-order chi connectivity index (χ1) is 12.4. The molecule has 0 amide bonds. The molecule has 1 aliphatic heterocycles. The zero-order valence-corrected chi connectivity index (χ0v) is 17.4. The molecule has 6 nitrogen and oxygen atoms in total. The van der Waals surface area contributed by atoms with Crippen LogP contribution in [0.25, 0.3) is 0 Å². The summed E-state index contributed by atoms with van der Waals surface area (Å²) in [5.74, 6) is 0.138. The SMILES string of the molecule is CCOC(=O)[C@H]1OS(=O)(=O)O[C@@H]1CCCCCCCCCCCC(C)C. The molecule has 1 saturated heterocycles. The lowest BCUT2D eigenvalue weighted by molar-refractivity contribution is -0.152. The highest BCUT2D eigenvalue weighted by molar-refractivity contribution is 7.82. The van der Waals surface area contributed by atoms with Crippen molar-refractivity contribution in [2.45, 2.75) is 104 Å². The highest BCUT2D eigenvalue weighted by Gasteiger charge is 2.45. The van der Waals surface area contributed by atoms with Crippen LogP contribution >= 0.6 is 0 Å². The molecule has 2 atom stereocenters. The Morgan fingerprint density at radius 1 is 0.923 bits per heavy atom. The zero-order chi connectivity index (χ0) is 19.4. The lowest BCUT2D eigenvalue weighted by atomic mass is 10.0. The van der Waals surface area contributed by atoms with Crippen LogP contribution in [0, 0.1) is 5.92 Å². The van der Waals surface area contributed by atoms with Gasteiger partial charge in [0.05, 0.1) is 6.61 Å². The van der Waals surface area contributed by atoms with E-state index in [0.717, 1.165) is 25.2 Å². The fraction of sp³-hybridized carbons (Fsp3) is 0.947. The van der Waals surface area contributed by atoms with E-state index in [1.54, 1.807) is 6.92 Å². The summed E-state index contributed by atoms with van der Waals surface area (Å²) in [5, 5.41) is 0. The van der Waals surface area contributed by atoms with E-state index in [-0.39, 0.29) is 6.61 Å². The minimum absolute atomic E-state index is 0.183. The van der Waals surface area contributed by atoms with Crippen LogP contribution in [-0.2, 0) is 28.3 Å². The van der Waals surface area contributed by atoms with Crippen LogP contribution < -0.4 is 0 Å². The number of carbonyl (C=O) groups excluding carboxylic acids is 1. The summed E-state index contributed by atoms with van der Waals surface area (Å²) in [7, 11) is -4.08. The Morgan fingerprint density at radius 3 is 2.00 bits per heavy atom. The first-order valence-corrected chi connectivity index (χ1v) is 11.5. The van der Waals surface area contributed by atoms with Crippen LogP contribution in [0.3, 0.4) is 0 Å². The largest absolute Gasteiger partial charge is 0.464 e. The van der Waals surface area contributed by atoms with Crippen molar-refractivity contribution in [3.63, 3.8) is 0 Å². The summed E-state index contributed by atoms with van der Waals surface area (Å²) in [6.07, 6.45) is 10.6. The van der Waals surface area contributed by atoms with Gasteiger partial charge in [0.2, 0.25) is 6.10 Å². The standard InChI is InChI=1S/C19H36O6S/c1-4-23-19(20)18-17(24-26(21,22)25-18)15-13-11-9-7-5-6-8-10-12-14-16(2)3/h16-18H,4-15H2,1-3H3/t17-,18+/m1/s1. The molecule has 1 fully saturated rings. The van der Waals surface area contributed by atoms with Gasteiger partial charge in [-0.2, -0.15) is 8.42 Å². The fourth-order valence-electron chi connectivity index (χ4n) is 3.16. The second-order valence-corrected chi connectivity index (χ2v) is 8.67. The van der Waals surface area contributed by atoms with E-state index >= 15 is 0 Å². The number of hydrogen-bond donors (Lipinski definition) is 0. The van der Waals surface area contributed by atoms with Gasteiger partial charge >= 0.3 is 16.4 Å². The van der Waals surface area contributed by atoms with E-state index < -0.39 is 28.6 Å². The van der Waals surface area contributed by atoms with Gasteiger partial charge in [0.1, 0.15) is 6.10 Å². The van der Waals surface area contributed by atoms with Gasteiger partial charge in [-0.1, -0.05) is 78.1 Å². The van der Waals surface area contributed by atoms with E-state index in [2.05, 4.69) is 13.8 Å². The maximum Gasteiger partial charge on any atom is 0.401 e. The van der Waals surface area contributed by atoms with Crippen molar-refractivity contribution in [3.05, 3.63) is 0 Å². The third-order valence-electron chi connectivity index (χ3n) is 4.59. The van der Waals surface area contributed by atoms with E-state index in [1.807, 2.05) is 0 Å². The van der Waals surface area contributed by atoms with Crippen LogP contribution in [0.2, 0.25) is 0 Å². The molecule has 0 radical (unpaired) electrons. The van der Waals surface area contributed by atoms with Crippen LogP contribution in [0.4, 0.5) is 0 Å². The fourth-order valence-corrected chi connectivity index (χ4v) is 4.17. The van der Waals surface area contributed by atoms with Crippen molar-refractivity contribution in [1.82, 2.24) is 0 Å². The highest BCUT2D eigenvalue weighted by atomic mass is 32.3. The summed E-state index contributed by atoms with van der Waals surface area (Å²) in [4.78, 5) is 11.8. The Labute approximate surface area is 159 Å². The maximum atomic E-state index is 11.8. The Bertz CT molecular complexity index is 488. The minimum Gasteiger partial charge on any atom is -0.464 e. The summed E-state index contributed by atoms with van der Waals surface area (Å²) >= 11 is 0. The van der Waals surface area contributed by atoms with Crippen LogP contribution in [0.15, 0.2) is 0 Å². The summed E-state index contributed by atoms with van der Waals surface area (Å²) in [5.41, 5.74) is 0. The summed E-state index contributed by atoms with van der Waals surface area (Å²) in [6, 6.07) is 0. The average Bonchev–Trinajstić information content (AvgIpc) is 2.87. The van der Waals surface area contributed by atoms with E-state index in [9.17, 15) is 13.2 Å². The molecule has 0 saturated carbocycles. The summed E-state index contributed by atoms with van der Waals surface area (Å²) in [6.45, 7) is 6.39. The third-order valence-corrected chi connectivity index (χ3v) is 5.52. The van der Waals surface area contributed by atoms with Gasteiger partial charge in [0.25, 0.3) is 0 Å². The molecule has 0 aromatic heterocycles. The van der Waals surface area contributed by atoms with Crippen LogP contribution in [0.5, 0.6) is 0 Å². The number of hydrogen-bond acceptors (Lipinski definition) is 6. The van der Waals surface area contributed by atoms with Gasteiger partial charge in [0, 0.05) is 0 Å². The molecule has 154 valence electrons. The van der Waals surface area contributed by atoms with E-state index in [0.29, 0.717) is 6.42 Å². The van der Waals surface area contributed by atoms with Gasteiger partial charge in [-0.25, -0.2) is 13.2 Å². The highest BCUT2D eigenvalue weighted by Crippen LogP contribution is 2.26. The minimum atomic E-state index is -4.08. The third kappa shape index (κ3) is 9.88. The predicted molar refractivity (Wildman–Crippen MR) is 101 cm³/mol. The maximum absolute atomic E-state index is 11.8. The van der Waals surface area contributed by atoms with Crippen molar-refractivity contribution < 1.29 is 26.3 Å². The van der Waals surface area contributed by atoms with Gasteiger partial charge in [-0.15, -0.1) is 0 Å². The summed E-state index contributed by atoms with van der Waals surface area (Å²) < 4.78 is 37.3. The van der Waals surface area contributed by atoms with Crippen molar-refractivity contribution in [3.8, 4) is 0 Å². The van der Waals surface area contributed by atoms with Gasteiger partial charge < -0.3 is 4.74 Å². The number of esters is 1. The number of rotatable bonds is 14. The Morgan fingerprint density at radius 2 is 1.46 bits per heavy atom. The van der Waals surface area contributed by atoms with Crippen LogP contribution in [-0.4, -0.2) is 33.2 Å². The first-order valence-electron chi connectivity index (χ1n) is 10.1. The van der Waals surface area contributed by atoms with Crippen LogP contribution in [0.1, 0.15) is 91.4 Å². The quantitative estimate of drug-likeness (QED) is 0.319. The Balaban J connectivity index is 2.08. The van der Waals surface area contributed by atoms with E-state index in [4.69, 9.17) is 13.1 Å². The molecular weight excluding hydrogens is 356 g/mol. The molecule has 0 aromatic carbocycles. The van der Waals surface area contributed by atoms with Gasteiger partial charge in [-0.05, 0) is 19.3 Å². The molecule has 0 aromatic rings. The van der Waals surface area contributed by atoms with Crippen molar-refractivity contribution >= 4 is 16.4 Å². The van der Waals surface area contributed by atoms with Crippen molar-refractivity contribution in [1.29, 1.82) is 0 Å². The molecule has 0 unspecified atom stereocenters. The van der Waals surface area contributed by atoms with Gasteiger partial charge in [-0.3, -0.25) is 0 Å². The Kier molecular flexibility index (Phi) is 11.4. The van der Waals surface area contributed by atoms with Crippen molar-refractivity contribution in [2.75, 3.05) is 6.61 Å².